The number of nitrogens with one attached hydrogen (secondary N) is 2. The van der Waals surface area contributed by atoms with Gasteiger partial charge in [0.05, 0.1) is 32.0 Å². The number of nitrogens with zero attached hydrogens (tertiary/aromatic N) is 2. The van der Waals surface area contributed by atoms with Crippen molar-refractivity contribution in [2.75, 3.05) is 19.5 Å². The first-order chi connectivity index (χ1) is 15.8. The molecule has 0 radical (unpaired) electrons. The Morgan fingerprint density at radius 3 is 2.55 bits per heavy atom. The number of aromatic carboxylic acids is 1. The average Bonchev–Trinajstić information content (AvgIpc) is 3.13. The summed E-state index contributed by atoms with van der Waals surface area (Å²) in [5.74, 6) is -1.92. The van der Waals surface area contributed by atoms with Crippen LogP contribution in [0.1, 0.15) is 27.9 Å². The number of rotatable bonds is 8. The molecule has 0 saturated carbocycles. The third kappa shape index (κ3) is 5.89. The molecule has 11 heteroatoms. The number of benzene rings is 2. The van der Waals surface area contributed by atoms with Gasteiger partial charge in [0.25, 0.3) is 0 Å². The van der Waals surface area contributed by atoms with Crippen LogP contribution >= 0.6 is 11.8 Å². The predicted octanol–water partition coefficient (Wildman–Crippen LogP) is 1.33. The number of carbonyl (C=O) groups is 3. The molecule has 1 heterocycles. The summed E-state index contributed by atoms with van der Waals surface area (Å²) in [4.78, 5) is 36.0. The molecule has 10 nitrogen and oxygen atoms in total. The number of carboxylic acid groups (broad SMARTS) is 1. The van der Waals surface area contributed by atoms with Gasteiger partial charge in [-0.2, -0.15) is 5.10 Å². The van der Waals surface area contributed by atoms with Gasteiger partial charge >= 0.3 is 0 Å². The molecule has 0 aliphatic carbocycles. The van der Waals surface area contributed by atoms with Gasteiger partial charge in [-0.1, -0.05) is 29.5 Å². The van der Waals surface area contributed by atoms with E-state index in [1.807, 2.05) is 19.1 Å². The fourth-order valence-electron chi connectivity index (χ4n) is 3.01. The first-order valence-corrected chi connectivity index (χ1v) is 10.6. The van der Waals surface area contributed by atoms with E-state index < -0.39 is 11.2 Å². The van der Waals surface area contributed by atoms with Crippen LogP contribution in [0.4, 0.5) is 5.69 Å². The van der Waals surface area contributed by atoms with Crippen molar-refractivity contribution in [1.29, 1.82) is 0 Å². The molecule has 0 spiro atoms. The second kappa shape index (κ2) is 10.6. The molecule has 0 aromatic heterocycles. The molecule has 2 N–H and O–H groups in total. The van der Waals surface area contributed by atoms with Crippen LogP contribution in [-0.4, -0.2) is 48.6 Å². The SMILES string of the molecule is COc1ccc(/C=N\N=C2\NC(=O)[C@H](CC(=O)Nc3ccc(C)cc3)S2)c(C(=O)[O-])c1OC. The highest BCUT2D eigenvalue weighted by molar-refractivity contribution is 8.15. The predicted molar refractivity (Wildman–Crippen MR) is 123 cm³/mol. The summed E-state index contributed by atoms with van der Waals surface area (Å²) >= 11 is 1.06. The van der Waals surface area contributed by atoms with Crippen LogP contribution in [-0.2, 0) is 9.59 Å². The Balaban J connectivity index is 1.67. The lowest BCUT2D eigenvalue weighted by Gasteiger charge is -2.15. The summed E-state index contributed by atoms with van der Waals surface area (Å²) in [7, 11) is 2.69. The molecule has 172 valence electrons. The zero-order valence-electron chi connectivity index (χ0n) is 18.1. The van der Waals surface area contributed by atoms with E-state index in [1.54, 1.807) is 12.1 Å². The molecule has 2 amide bonds. The molecule has 1 fully saturated rings. The monoisotopic (exact) mass is 469 g/mol. The lowest BCUT2D eigenvalue weighted by molar-refractivity contribution is -0.255. The first kappa shape index (κ1) is 23.8. The van der Waals surface area contributed by atoms with E-state index >= 15 is 0 Å². The first-order valence-electron chi connectivity index (χ1n) is 9.73. The molecule has 2 aromatic carbocycles. The Morgan fingerprint density at radius 1 is 1.18 bits per heavy atom. The van der Waals surface area contributed by atoms with Gasteiger partial charge in [0, 0.05) is 17.7 Å². The van der Waals surface area contributed by atoms with Crippen LogP contribution in [0, 0.1) is 6.92 Å². The van der Waals surface area contributed by atoms with E-state index in [4.69, 9.17) is 9.47 Å². The molecule has 0 bridgehead atoms. The summed E-state index contributed by atoms with van der Waals surface area (Å²) in [6.07, 6.45) is 1.15. The van der Waals surface area contributed by atoms with Gasteiger partial charge in [-0.15, -0.1) is 5.10 Å². The molecule has 1 aliphatic heterocycles. The minimum atomic E-state index is -1.47. The van der Waals surface area contributed by atoms with Crippen LogP contribution in [0.5, 0.6) is 11.5 Å². The molecular weight excluding hydrogens is 448 g/mol. The van der Waals surface area contributed by atoms with Crippen molar-refractivity contribution >= 4 is 46.6 Å². The van der Waals surface area contributed by atoms with Crippen molar-refractivity contribution in [3.05, 3.63) is 53.1 Å². The highest BCUT2D eigenvalue weighted by atomic mass is 32.2. The van der Waals surface area contributed by atoms with Crippen LogP contribution in [0.2, 0.25) is 0 Å². The van der Waals surface area contributed by atoms with E-state index in [0.717, 1.165) is 17.3 Å². The number of anilines is 1. The summed E-state index contributed by atoms with van der Waals surface area (Å²) in [5.41, 5.74) is 1.65. The van der Waals surface area contributed by atoms with Gasteiger partial charge < -0.3 is 30.0 Å². The number of hydrogen-bond donors (Lipinski definition) is 2. The van der Waals surface area contributed by atoms with E-state index in [-0.39, 0.29) is 46.0 Å². The van der Waals surface area contributed by atoms with Crippen molar-refractivity contribution in [2.24, 2.45) is 10.2 Å². The molecular formula is C22H21N4O6S-. The number of carbonyl (C=O) groups excluding carboxylic acids is 3. The average molecular weight is 469 g/mol. The number of hydrogen-bond acceptors (Lipinski definition) is 9. The van der Waals surface area contributed by atoms with Crippen molar-refractivity contribution in [1.82, 2.24) is 5.32 Å². The zero-order chi connectivity index (χ0) is 24.0. The van der Waals surface area contributed by atoms with E-state index in [9.17, 15) is 19.5 Å². The zero-order valence-corrected chi connectivity index (χ0v) is 18.9. The number of ether oxygens (including phenoxy) is 2. The second-order valence-electron chi connectivity index (χ2n) is 6.92. The Morgan fingerprint density at radius 2 is 1.91 bits per heavy atom. The van der Waals surface area contributed by atoms with Gasteiger partial charge in [0.15, 0.2) is 16.7 Å². The standard InChI is InChI=1S/C22H22N4O6S/c1-12-4-7-14(8-5-12)24-17(27)10-16-20(28)25-22(33-16)26-23-11-13-6-9-15(31-2)19(32-3)18(13)21(29)30/h4-9,11,16H,10H2,1-3H3,(H,24,27)(H,29,30)(H,25,26,28)/p-1/b23-11-/t16-/m0/s1. The Labute approximate surface area is 194 Å². The van der Waals surface area contributed by atoms with E-state index in [0.29, 0.717) is 5.69 Å². The fraction of sp³-hybridized carbons (Fsp3) is 0.227. The number of carboxylic acids is 1. The Bertz CT molecular complexity index is 1130. The molecule has 33 heavy (non-hydrogen) atoms. The van der Waals surface area contributed by atoms with Crippen LogP contribution in [0.15, 0.2) is 46.6 Å². The molecule has 3 rings (SSSR count). The van der Waals surface area contributed by atoms with Crippen LogP contribution in [0.25, 0.3) is 0 Å². The smallest absolute Gasteiger partial charge is 0.240 e. The Hall–Kier alpha value is -3.86. The Kier molecular flexibility index (Phi) is 7.67. The maximum absolute atomic E-state index is 12.3. The number of methoxy groups -OCH3 is 2. The molecule has 0 unspecified atom stereocenters. The largest absolute Gasteiger partial charge is 0.545 e. The lowest BCUT2D eigenvalue weighted by atomic mass is 10.1. The maximum atomic E-state index is 12.3. The van der Waals surface area contributed by atoms with Crippen molar-refractivity contribution in [3.63, 3.8) is 0 Å². The number of amides is 2. The van der Waals surface area contributed by atoms with Crippen LogP contribution in [0.3, 0.4) is 0 Å². The number of aryl methyl sites for hydroxylation is 1. The van der Waals surface area contributed by atoms with Gasteiger partial charge in [-0.3, -0.25) is 9.59 Å². The molecule has 1 saturated heterocycles. The third-order valence-electron chi connectivity index (χ3n) is 4.61. The maximum Gasteiger partial charge on any atom is 0.240 e. The highest BCUT2D eigenvalue weighted by Crippen LogP contribution is 2.32. The van der Waals surface area contributed by atoms with E-state index in [2.05, 4.69) is 20.8 Å². The summed E-state index contributed by atoms with van der Waals surface area (Å²) < 4.78 is 10.2. The van der Waals surface area contributed by atoms with E-state index in [1.165, 1.54) is 32.6 Å². The summed E-state index contributed by atoms with van der Waals surface area (Å²) in [6.45, 7) is 1.94. The van der Waals surface area contributed by atoms with Crippen molar-refractivity contribution in [2.45, 2.75) is 18.6 Å². The topological polar surface area (TPSA) is 142 Å². The molecule has 1 atom stereocenters. The quantitative estimate of drug-likeness (QED) is 0.439. The minimum Gasteiger partial charge on any atom is -0.545 e. The summed E-state index contributed by atoms with van der Waals surface area (Å²) in [6, 6.07) is 10.3. The normalized spacial score (nSPS) is 16.6. The van der Waals surface area contributed by atoms with Gasteiger partial charge in [-0.25, -0.2) is 0 Å². The van der Waals surface area contributed by atoms with Crippen LogP contribution < -0.4 is 25.2 Å². The van der Waals surface area contributed by atoms with Crippen molar-refractivity contribution < 1.29 is 29.0 Å². The minimum absolute atomic E-state index is 0.00250. The van der Waals surface area contributed by atoms with Crippen molar-refractivity contribution in [3.8, 4) is 11.5 Å². The summed E-state index contributed by atoms with van der Waals surface area (Å²) in [5, 5.41) is 24.2. The highest BCUT2D eigenvalue weighted by Gasteiger charge is 2.32. The third-order valence-corrected chi connectivity index (χ3v) is 5.68. The van der Waals surface area contributed by atoms with Gasteiger partial charge in [0.2, 0.25) is 11.8 Å². The van der Waals surface area contributed by atoms with Gasteiger partial charge in [0.1, 0.15) is 5.25 Å². The number of thioether (sulfide) groups is 1. The molecule has 2 aromatic rings. The van der Waals surface area contributed by atoms with Gasteiger partial charge in [-0.05, 0) is 31.2 Å². The fourth-order valence-corrected chi connectivity index (χ4v) is 3.93. The molecule has 1 aliphatic rings. The lowest BCUT2D eigenvalue weighted by Crippen LogP contribution is -2.28. The second-order valence-corrected chi connectivity index (χ2v) is 8.11. The number of amidine groups is 1.